The third-order valence-electron chi connectivity index (χ3n) is 2.52. The van der Waals surface area contributed by atoms with Crippen molar-refractivity contribution in [2.24, 2.45) is 0 Å². The summed E-state index contributed by atoms with van der Waals surface area (Å²) >= 11 is 1.82. The summed E-state index contributed by atoms with van der Waals surface area (Å²) in [7, 11) is 0. The average Bonchev–Trinajstić information content (AvgIpc) is 2.34. The van der Waals surface area contributed by atoms with Crippen LogP contribution in [0.25, 0.3) is 0 Å². The Bertz CT molecular complexity index is 333. The Hall–Kier alpha value is -0.740. The molecule has 1 N–H and O–H groups in total. The van der Waals surface area contributed by atoms with Gasteiger partial charge in [0.05, 0.1) is 5.25 Å². The van der Waals surface area contributed by atoms with Crippen LogP contribution in [0.15, 0.2) is 23.4 Å². The lowest BCUT2D eigenvalue weighted by atomic mass is 10.3. The number of nitrogens with one attached hydrogen (secondary N) is 1. The zero-order valence-electron chi connectivity index (χ0n) is 9.61. The van der Waals surface area contributed by atoms with Gasteiger partial charge >= 0.3 is 0 Å². The molecule has 2 heterocycles. The molecule has 2 rings (SSSR count). The number of hydrogen-bond donors (Lipinski definition) is 1. The van der Waals surface area contributed by atoms with Crippen molar-refractivity contribution in [1.29, 1.82) is 0 Å². The molecule has 0 radical (unpaired) electrons. The topological polar surface area (TPSA) is 34.1 Å². The first-order valence-corrected chi connectivity index (χ1v) is 6.73. The molecule has 0 fully saturated rings. The molecular formula is C12H18N2OS. The minimum atomic E-state index is 0.485. The predicted octanol–water partition coefficient (Wildman–Crippen LogP) is 2.32. The number of ether oxygens (including phenoxy) is 1. The van der Waals surface area contributed by atoms with Crippen LogP contribution in [-0.2, 0) is 0 Å². The number of thioether (sulfide) groups is 1. The minimum Gasteiger partial charge on any atom is -0.490 e. The van der Waals surface area contributed by atoms with Gasteiger partial charge in [-0.2, -0.15) is 0 Å². The van der Waals surface area contributed by atoms with Gasteiger partial charge in [0, 0.05) is 12.7 Å². The molecule has 1 aliphatic heterocycles. The van der Waals surface area contributed by atoms with Gasteiger partial charge in [-0.25, -0.2) is 4.98 Å². The van der Waals surface area contributed by atoms with E-state index in [1.807, 2.05) is 30.1 Å². The molecular weight excluding hydrogens is 220 g/mol. The summed E-state index contributed by atoms with van der Waals surface area (Å²) in [6.07, 6.45) is 4.31. The van der Waals surface area contributed by atoms with Gasteiger partial charge in [-0.05, 0) is 25.1 Å². The lowest BCUT2D eigenvalue weighted by Crippen LogP contribution is -2.31. The highest BCUT2D eigenvalue weighted by atomic mass is 32.2. The quantitative estimate of drug-likeness (QED) is 0.798. The molecule has 1 aromatic heterocycles. The van der Waals surface area contributed by atoms with E-state index in [1.165, 1.54) is 12.8 Å². The highest BCUT2D eigenvalue weighted by molar-refractivity contribution is 8.00. The lowest BCUT2D eigenvalue weighted by molar-refractivity contribution is 0.296. The average molecular weight is 238 g/mol. The second kappa shape index (κ2) is 6.11. The van der Waals surface area contributed by atoms with Crippen molar-refractivity contribution < 1.29 is 4.74 Å². The summed E-state index contributed by atoms with van der Waals surface area (Å²) in [6.45, 7) is 5.09. The van der Waals surface area contributed by atoms with E-state index in [-0.39, 0.29) is 0 Å². The van der Waals surface area contributed by atoms with Crippen molar-refractivity contribution in [1.82, 2.24) is 10.3 Å². The van der Waals surface area contributed by atoms with Gasteiger partial charge in [-0.1, -0.05) is 25.1 Å². The molecule has 0 bridgehead atoms. The zero-order valence-corrected chi connectivity index (χ0v) is 10.4. The summed E-state index contributed by atoms with van der Waals surface area (Å²) in [6, 6.07) is 3.90. The molecule has 0 spiro atoms. The molecule has 0 saturated heterocycles. The molecule has 88 valence electrons. The normalized spacial score (nSPS) is 18.9. The number of rotatable bonds is 5. The second-order valence-corrected chi connectivity index (χ2v) is 5.20. The molecule has 0 saturated carbocycles. The molecule has 0 aliphatic carbocycles. The Labute approximate surface area is 101 Å². The van der Waals surface area contributed by atoms with Crippen molar-refractivity contribution in [3.63, 3.8) is 0 Å². The van der Waals surface area contributed by atoms with Crippen LogP contribution in [-0.4, -0.2) is 29.9 Å². The summed E-state index contributed by atoms with van der Waals surface area (Å²) in [5.74, 6) is 0.928. The van der Waals surface area contributed by atoms with E-state index >= 15 is 0 Å². The Morgan fingerprint density at radius 3 is 3.44 bits per heavy atom. The van der Waals surface area contributed by atoms with Gasteiger partial charge in [0.2, 0.25) is 0 Å². The second-order valence-electron chi connectivity index (χ2n) is 3.92. The highest BCUT2D eigenvalue weighted by Gasteiger charge is 2.20. The first-order valence-electron chi connectivity index (χ1n) is 5.85. The van der Waals surface area contributed by atoms with Crippen molar-refractivity contribution in [3.05, 3.63) is 18.3 Å². The van der Waals surface area contributed by atoms with Gasteiger partial charge in [0.1, 0.15) is 11.6 Å². The third kappa shape index (κ3) is 3.12. The number of fused-ring (bicyclic) bond motifs is 1. The summed E-state index contributed by atoms with van der Waals surface area (Å²) in [5, 5.41) is 4.97. The van der Waals surface area contributed by atoms with Crippen molar-refractivity contribution in [2.75, 3.05) is 19.7 Å². The van der Waals surface area contributed by atoms with E-state index in [4.69, 9.17) is 4.74 Å². The van der Waals surface area contributed by atoms with Crippen LogP contribution in [0.5, 0.6) is 5.75 Å². The van der Waals surface area contributed by atoms with Gasteiger partial charge in [-0.15, -0.1) is 0 Å². The molecule has 1 unspecified atom stereocenters. The standard InChI is InChI=1S/C12H18N2OS/c1-2-3-6-13-8-10-9-15-11-5-4-7-14-12(11)16-10/h4-5,7,10,13H,2-3,6,8-9H2,1H3. The first kappa shape index (κ1) is 11.7. The Morgan fingerprint density at radius 1 is 1.62 bits per heavy atom. The highest BCUT2D eigenvalue weighted by Crippen LogP contribution is 2.34. The number of pyridine rings is 1. The Kier molecular flexibility index (Phi) is 4.48. The molecule has 1 atom stereocenters. The smallest absolute Gasteiger partial charge is 0.151 e. The zero-order chi connectivity index (χ0) is 11.2. The predicted molar refractivity (Wildman–Crippen MR) is 67.2 cm³/mol. The van der Waals surface area contributed by atoms with Crippen LogP contribution >= 0.6 is 11.8 Å². The molecule has 0 amide bonds. The summed E-state index contributed by atoms with van der Waals surface area (Å²) in [4.78, 5) is 4.32. The maximum Gasteiger partial charge on any atom is 0.151 e. The van der Waals surface area contributed by atoms with Crippen LogP contribution in [0.4, 0.5) is 0 Å². The largest absolute Gasteiger partial charge is 0.490 e. The van der Waals surface area contributed by atoms with E-state index < -0.39 is 0 Å². The van der Waals surface area contributed by atoms with Crippen LogP contribution in [0.1, 0.15) is 19.8 Å². The number of hydrogen-bond acceptors (Lipinski definition) is 4. The maximum atomic E-state index is 5.67. The maximum absolute atomic E-state index is 5.67. The monoisotopic (exact) mass is 238 g/mol. The van der Waals surface area contributed by atoms with Gasteiger partial charge in [0.15, 0.2) is 5.75 Å². The van der Waals surface area contributed by atoms with Crippen LogP contribution in [0, 0.1) is 0 Å². The fourth-order valence-electron chi connectivity index (χ4n) is 1.61. The summed E-state index contributed by atoms with van der Waals surface area (Å²) in [5.41, 5.74) is 0. The van der Waals surface area contributed by atoms with Crippen LogP contribution in [0.3, 0.4) is 0 Å². The molecule has 4 heteroatoms. The fraction of sp³-hybridized carbons (Fsp3) is 0.583. The molecule has 1 aliphatic rings. The summed E-state index contributed by atoms with van der Waals surface area (Å²) < 4.78 is 5.67. The number of aromatic nitrogens is 1. The lowest BCUT2D eigenvalue weighted by Gasteiger charge is -2.23. The fourth-order valence-corrected chi connectivity index (χ4v) is 2.63. The third-order valence-corrected chi connectivity index (χ3v) is 3.68. The Morgan fingerprint density at radius 2 is 2.56 bits per heavy atom. The number of nitrogens with zero attached hydrogens (tertiary/aromatic N) is 1. The van der Waals surface area contributed by atoms with Crippen molar-refractivity contribution in [3.8, 4) is 5.75 Å². The van der Waals surface area contributed by atoms with E-state index in [1.54, 1.807) is 0 Å². The molecule has 3 nitrogen and oxygen atoms in total. The van der Waals surface area contributed by atoms with Gasteiger partial charge in [-0.3, -0.25) is 0 Å². The van der Waals surface area contributed by atoms with E-state index in [2.05, 4.69) is 17.2 Å². The van der Waals surface area contributed by atoms with E-state index in [0.29, 0.717) is 5.25 Å². The number of unbranched alkanes of at least 4 members (excludes halogenated alkanes) is 1. The van der Waals surface area contributed by atoms with Crippen LogP contribution < -0.4 is 10.1 Å². The van der Waals surface area contributed by atoms with Crippen molar-refractivity contribution >= 4 is 11.8 Å². The first-order chi connectivity index (χ1) is 7.90. The van der Waals surface area contributed by atoms with Gasteiger partial charge in [0.25, 0.3) is 0 Å². The Balaban J connectivity index is 1.79. The van der Waals surface area contributed by atoms with Crippen molar-refractivity contribution in [2.45, 2.75) is 30.0 Å². The molecule has 0 aromatic carbocycles. The van der Waals surface area contributed by atoms with Gasteiger partial charge < -0.3 is 10.1 Å². The van der Waals surface area contributed by atoms with Crippen LogP contribution in [0.2, 0.25) is 0 Å². The minimum absolute atomic E-state index is 0.485. The van der Waals surface area contributed by atoms with E-state index in [9.17, 15) is 0 Å². The van der Waals surface area contributed by atoms with E-state index in [0.717, 1.165) is 30.5 Å². The SMILES string of the molecule is CCCCNCC1COc2cccnc2S1. The molecule has 1 aromatic rings. The molecule has 16 heavy (non-hydrogen) atoms.